The van der Waals surface area contributed by atoms with E-state index in [1.807, 2.05) is 35.9 Å². The smallest absolute Gasteiger partial charge is 0.244 e. The molecular formula is C22H28N4O3S. The van der Waals surface area contributed by atoms with Gasteiger partial charge in [-0.1, -0.05) is 25.0 Å². The Morgan fingerprint density at radius 2 is 2.00 bits per heavy atom. The number of aryl methyl sites for hydroxylation is 1. The molecule has 1 aromatic carbocycles. The van der Waals surface area contributed by atoms with Crippen LogP contribution >= 0.6 is 0 Å². The van der Waals surface area contributed by atoms with Gasteiger partial charge in [-0.2, -0.15) is 5.10 Å². The summed E-state index contributed by atoms with van der Waals surface area (Å²) in [6, 6.07) is 7.54. The minimum atomic E-state index is -3.70. The Kier molecular flexibility index (Phi) is 5.79. The van der Waals surface area contributed by atoms with Crippen molar-refractivity contribution >= 4 is 20.8 Å². The van der Waals surface area contributed by atoms with Crippen molar-refractivity contribution in [3.8, 4) is 5.75 Å². The van der Waals surface area contributed by atoms with E-state index in [0.29, 0.717) is 23.2 Å². The zero-order valence-electron chi connectivity index (χ0n) is 17.6. The van der Waals surface area contributed by atoms with E-state index < -0.39 is 16.1 Å². The van der Waals surface area contributed by atoms with Gasteiger partial charge < -0.3 is 4.74 Å². The third kappa shape index (κ3) is 4.06. The Hall–Kier alpha value is -2.45. The molecule has 7 nitrogen and oxygen atoms in total. The molecule has 0 radical (unpaired) electrons. The van der Waals surface area contributed by atoms with Crippen LogP contribution in [0.25, 0.3) is 10.8 Å². The van der Waals surface area contributed by atoms with Crippen LogP contribution in [0.2, 0.25) is 0 Å². The topological polar surface area (TPSA) is 86.1 Å². The van der Waals surface area contributed by atoms with Crippen molar-refractivity contribution in [1.29, 1.82) is 0 Å². The van der Waals surface area contributed by atoms with Crippen LogP contribution in [0.5, 0.6) is 5.75 Å². The van der Waals surface area contributed by atoms with Crippen LogP contribution in [0.4, 0.5) is 0 Å². The largest absolute Gasteiger partial charge is 0.491 e. The fourth-order valence-corrected chi connectivity index (χ4v) is 5.96. The molecule has 0 spiro atoms. The van der Waals surface area contributed by atoms with Crippen molar-refractivity contribution in [1.82, 2.24) is 19.5 Å². The number of pyridine rings is 1. The average Bonchev–Trinajstić information content (AvgIpc) is 3.33. The SMILES string of the molecule is Cc1nn(C2CCCC2)c(C)c1S(=O)(=O)N[C@@H](C)COc1cccc2cnccc12. The summed E-state index contributed by atoms with van der Waals surface area (Å²) in [4.78, 5) is 4.41. The molecule has 2 heterocycles. The van der Waals surface area contributed by atoms with Gasteiger partial charge in [-0.15, -0.1) is 0 Å². The predicted octanol–water partition coefficient (Wildman–Crippen LogP) is 3.91. The first-order chi connectivity index (χ1) is 14.4. The van der Waals surface area contributed by atoms with Crippen LogP contribution in [0, 0.1) is 13.8 Å². The lowest BCUT2D eigenvalue weighted by Crippen LogP contribution is -2.37. The second-order valence-corrected chi connectivity index (χ2v) is 9.72. The molecule has 0 bridgehead atoms. The summed E-state index contributed by atoms with van der Waals surface area (Å²) >= 11 is 0. The molecular weight excluding hydrogens is 400 g/mol. The van der Waals surface area contributed by atoms with Crippen molar-refractivity contribution in [3.63, 3.8) is 0 Å². The number of hydrogen-bond acceptors (Lipinski definition) is 5. The zero-order chi connectivity index (χ0) is 21.3. The summed E-state index contributed by atoms with van der Waals surface area (Å²) in [5, 5.41) is 6.49. The van der Waals surface area contributed by atoms with Crippen LogP contribution < -0.4 is 9.46 Å². The van der Waals surface area contributed by atoms with E-state index in [-0.39, 0.29) is 11.5 Å². The molecule has 1 fully saturated rings. The van der Waals surface area contributed by atoms with E-state index in [0.717, 1.165) is 23.6 Å². The first-order valence-electron chi connectivity index (χ1n) is 10.4. The summed E-state index contributed by atoms with van der Waals surface area (Å²) in [5.41, 5.74) is 1.25. The molecule has 3 aromatic rings. The van der Waals surface area contributed by atoms with Gasteiger partial charge in [0.2, 0.25) is 10.0 Å². The third-order valence-corrected chi connectivity index (χ3v) is 7.52. The Balaban J connectivity index is 1.48. The molecule has 160 valence electrons. The molecule has 30 heavy (non-hydrogen) atoms. The maximum atomic E-state index is 13.1. The lowest BCUT2D eigenvalue weighted by atomic mass is 10.1. The summed E-state index contributed by atoms with van der Waals surface area (Å²) in [5.74, 6) is 0.711. The summed E-state index contributed by atoms with van der Waals surface area (Å²) in [6.45, 7) is 5.63. The summed E-state index contributed by atoms with van der Waals surface area (Å²) < 4.78 is 36.8. The molecule has 1 aliphatic rings. The summed E-state index contributed by atoms with van der Waals surface area (Å²) in [7, 11) is -3.70. The number of nitrogens with zero attached hydrogens (tertiary/aromatic N) is 3. The number of sulfonamides is 1. The van der Waals surface area contributed by atoms with Crippen LogP contribution in [-0.2, 0) is 10.0 Å². The van der Waals surface area contributed by atoms with Crippen molar-refractivity contribution in [2.75, 3.05) is 6.61 Å². The van der Waals surface area contributed by atoms with E-state index in [4.69, 9.17) is 4.74 Å². The summed E-state index contributed by atoms with van der Waals surface area (Å²) in [6.07, 6.45) is 7.94. The molecule has 8 heteroatoms. The van der Waals surface area contributed by atoms with Gasteiger partial charge in [0.05, 0.1) is 23.5 Å². The van der Waals surface area contributed by atoms with Crippen molar-refractivity contribution in [3.05, 3.63) is 48.0 Å². The first-order valence-corrected chi connectivity index (χ1v) is 11.9. The number of nitrogens with one attached hydrogen (secondary N) is 1. The number of ether oxygens (including phenoxy) is 1. The minimum absolute atomic E-state index is 0.218. The maximum absolute atomic E-state index is 13.1. The van der Waals surface area contributed by atoms with Crippen LogP contribution in [0.15, 0.2) is 41.6 Å². The standard InChI is InChI=1S/C22H28N4O3S/c1-15(14-29-21-10-6-7-18-13-23-12-11-20(18)21)25-30(27,28)22-16(2)24-26(17(22)3)19-8-4-5-9-19/h6-7,10-13,15,19,25H,4-5,8-9,14H2,1-3H3/t15-/m0/s1. The maximum Gasteiger partial charge on any atom is 0.244 e. The molecule has 0 amide bonds. The second-order valence-electron chi connectivity index (χ2n) is 8.07. The Bertz CT molecular complexity index is 1150. The number of rotatable bonds is 7. The molecule has 0 aliphatic heterocycles. The van der Waals surface area contributed by atoms with E-state index in [1.165, 1.54) is 12.8 Å². The molecule has 1 atom stereocenters. The Labute approximate surface area is 177 Å². The number of fused-ring (bicyclic) bond motifs is 1. The zero-order valence-corrected chi connectivity index (χ0v) is 18.4. The van der Waals surface area contributed by atoms with Gasteiger partial charge in [0.25, 0.3) is 0 Å². The van der Waals surface area contributed by atoms with E-state index >= 15 is 0 Å². The molecule has 0 unspecified atom stereocenters. The second kappa shape index (κ2) is 8.35. The molecule has 2 aromatic heterocycles. The fraction of sp³-hybridized carbons (Fsp3) is 0.455. The van der Waals surface area contributed by atoms with Crippen LogP contribution in [0.3, 0.4) is 0 Å². The minimum Gasteiger partial charge on any atom is -0.491 e. The Morgan fingerprint density at radius 1 is 1.23 bits per heavy atom. The highest BCUT2D eigenvalue weighted by atomic mass is 32.2. The normalized spacial score (nSPS) is 16.2. The lowest BCUT2D eigenvalue weighted by molar-refractivity contribution is 0.290. The fourth-order valence-electron chi connectivity index (χ4n) is 4.33. The van der Waals surface area contributed by atoms with E-state index in [9.17, 15) is 8.42 Å². The van der Waals surface area contributed by atoms with Gasteiger partial charge in [0.15, 0.2) is 0 Å². The highest BCUT2D eigenvalue weighted by Crippen LogP contribution is 2.32. The van der Waals surface area contributed by atoms with Gasteiger partial charge in [-0.25, -0.2) is 13.1 Å². The van der Waals surface area contributed by atoms with Gasteiger partial charge in [0.1, 0.15) is 17.3 Å². The van der Waals surface area contributed by atoms with Crippen molar-refractivity contribution < 1.29 is 13.2 Å². The average molecular weight is 429 g/mol. The molecule has 1 saturated carbocycles. The number of benzene rings is 1. The number of aromatic nitrogens is 3. The highest BCUT2D eigenvalue weighted by molar-refractivity contribution is 7.89. The van der Waals surface area contributed by atoms with Gasteiger partial charge in [0, 0.05) is 23.2 Å². The van der Waals surface area contributed by atoms with Gasteiger partial charge >= 0.3 is 0 Å². The monoisotopic (exact) mass is 428 g/mol. The highest BCUT2D eigenvalue weighted by Gasteiger charge is 2.29. The van der Waals surface area contributed by atoms with Crippen molar-refractivity contribution in [2.24, 2.45) is 0 Å². The van der Waals surface area contributed by atoms with Crippen LogP contribution in [0.1, 0.15) is 50.0 Å². The molecule has 1 aliphatic carbocycles. The Morgan fingerprint density at radius 3 is 2.77 bits per heavy atom. The number of hydrogen-bond donors (Lipinski definition) is 1. The van der Waals surface area contributed by atoms with Crippen LogP contribution in [-0.4, -0.2) is 35.8 Å². The quantitative estimate of drug-likeness (QED) is 0.617. The van der Waals surface area contributed by atoms with Gasteiger partial charge in [-0.05, 0) is 45.7 Å². The predicted molar refractivity (Wildman–Crippen MR) is 116 cm³/mol. The van der Waals surface area contributed by atoms with Gasteiger partial charge in [-0.3, -0.25) is 9.67 Å². The third-order valence-electron chi connectivity index (χ3n) is 5.68. The van der Waals surface area contributed by atoms with E-state index in [2.05, 4.69) is 14.8 Å². The van der Waals surface area contributed by atoms with E-state index in [1.54, 1.807) is 26.2 Å². The van der Waals surface area contributed by atoms with Crippen molar-refractivity contribution in [2.45, 2.75) is 63.4 Å². The molecule has 1 N–H and O–H groups in total. The molecule has 4 rings (SSSR count). The first kappa shape index (κ1) is 20.8. The molecule has 0 saturated heterocycles. The lowest BCUT2D eigenvalue weighted by Gasteiger charge is -2.17.